The molecule has 0 saturated heterocycles. The highest BCUT2D eigenvalue weighted by molar-refractivity contribution is 6.31. The van der Waals surface area contributed by atoms with Gasteiger partial charge in [0, 0.05) is 5.02 Å². The number of halogens is 1. The van der Waals surface area contributed by atoms with E-state index in [1.165, 1.54) is 13.0 Å². The van der Waals surface area contributed by atoms with E-state index >= 15 is 0 Å². The van der Waals surface area contributed by atoms with Gasteiger partial charge in [0.25, 0.3) is 5.91 Å². The van der Waals surface area contributed by atoms with Crippen molar-refractivity contribution in [3.63, 3.8) is 0 Å². The number of carbonyl (C=O) groups is 2. The Bertz CT molecular complexity index is 919. The molecule has 0 fully saturated rings. The van der Waals surface area contributed by atoms with Gasteiger partial charge in [-0.05, 0) is 36.2 Å². The first kappa shape index (κ1) is 19.6. The zero-order valence-corrected chi connectivity index (χ0v) is 16.1. The number of amides is 1. The first-order valence-electron chi connectivity index (χ1n) is 8.87. The number of rotatable bonds is 7. The molecule has 3 aromatic rings. The Hall–Kier alpha value is -3.11. The van der Waals surface area contributed by atoms with Crippen LogP contribution in [0.1, 0.15) is 34.5 Å². The van der Waals surface area contributed by atoms with Crippen LogP contribution < -0.4 is 10.1 Å². The van der Waals surface area contributed by atoms with Gasteiger partial charge in [-0.15, -0.1) is 0 Å². The molecular formula is C23H20ClNO3. The first-order valence-corrected chi connectivity index (χ1v) is 9.25. The smallest absolute Gasteiger partial charge is 0.258 e. The van der Waals surface area contributed by atoms with Crippen LogP contribution in [0.5, 0.6) is 5.75 Å². The molecule has 0 aliphatic rings. The summed E-state index contributed by atoms with van der Waals surface area (Å²) in [6, 6.07) is 23.9. The summed E-state index contributed by atoms with van der Waals surface area (Å²) in [5.41, 5.74) is 2.29. The van der Waals surface area contributed by atoms with Gasteiger partial charge in [-0.1, -0.05) is 72.3 Å². The highest BCUT2D eigenvalue weighted by atomic mass is 35.5. The molecule has 0 aliphatic heterocycles. The van der Waals surface area contributed by atoms with E-state index in [1.807, 2.05) is 60.7 Å². The van der Waals surface area contributed by atoms with Crippen LogP contribution in [0.3, 0.4) is 0 Å². The quantitative estimate of drug-likeness (QED) is 0.585. The summed E-state index contributed by atoms with van der Waals surface area (Å²) in [7, 11) is 0. The third kappa shape index (κ3) is 4.99. The van der Waals surface area contributed by atoms with Gasteiger partial charge >= 0.3 is 0 Å². The van der Waals surface area contributed by atoms with Gasteiger partial charge in [0.1, 0.15) is 5.75 Å². The Balaban J connectivity index is 1.74. The molecule has 3 rings (SSSR count). The van der Waals surface area contributed by atoms with E-state index in [-0.39, 0.29) is 24.3 Å². The van der Waals surface area contributed by atoms with Crippen LogP contribution in [0.25, 0.3) is 0 Å². The van der Waals surface area contributed by atoms with Crippen molar-refractivity contribution >= 4 is 23.3 Å². The highest BCUT2D eigenvalue weighted by Crippen LogP contribution is 2.24. The van der Waals surface area contributed by atoms with Crippen molar-refractivity contribution in [1.29, 1.82) is 0 Å². The lowest BCUT2D eigenvalue weighted by atomic mass is 9.99. The minimum absolute atomic E-state index is 0.177. The lowest BCUT2D eigenvalue weighted by molar-refractivity contribution is -0.123. The van der Waals surface area contributed by atoms with Crippen LogP contribution in [0.15, 0.2) is 78.9 Å². The van der Waals surface area contributed by atoms with Crippen LogP contribution >= 0.6 is 11.6 Å². The van der Waals surface area contributed by atoms with Gasteiger partial charge in [-0.3, -0.25) is 9.59 Å². The fraction of sp³-hybridized carbons (Fsp3) is 0.130. The van der Waals surface area contributed by atoms with E-state index in [9.17, 15) is 9.59 Å². The summed E-state index contributed by atoms with van der Waals surface area (Å²) >= 11 is 5.94. The summed E-state index contributed by atoms with van der Waals surface area (Å²) < 4.78 is 5.60. The Labute approximate surface area is 169 Å². The van der Waals surface area contributed by atoms with Crippen molar-refractivity contribution in [2.75, 3.05) is 6.61 Å². The fourth-order valence-electron chi connectivity index (χ4n) is 2.90. The summed E-state index contributed by atoms with van der Waals surface area (Å²) in [4.78, 5) is 24.3. The van der Waals surface area contributed by atoms with Gasteiger partial charge in [0.2, 0.25) is 0 Å². The number of Topliss-reactive ketones (excluding diaryl/α,β-unsaturated/α-hetero) is 1. The number of carbonyl (C=O) groups excluding carboxylic acids is 2. The largest absolute Gasteiger partial charge is 0.483 e. The van der Waals surface area contributed by atoms with Gasteiger partial charge in [-0.25, -0.2) is 0 Å². The third-order valence-corrected chi connectivity index (χ3v) is 4.49. The number of nitrogens with one attached hydrogen (secondary N) is 1. The summed E-state index contributed by atoms with van der Waals surface area (Å²) in [6.45, 7) is 1.22. The van der Waals surface area contributed by atoms with Gasteiger partial charge in [0.05, 0.1) is 11.6 Å². The maximum Gasteiger partial charge on any atom is 0.258 e. The number of hydrogen-bond donors (Lipinski definition) is 1. The molecule has 28 heavy (non-hydrogen) atoms. The lowest BCUT2D eigenvalue weighted by Crippen LogP contribution is -2.33. The topological polar surface area (TPSA) is 55.4 Å². The zero-order chi connectivity index (χ0) is 19.9. The van der Waals surface area contributed by atoms with Gasteiger partial charge in [-0.2, -0.15) is 0 Å². The van der Waals surface area contributed by atoms with Crippen molar-refractivity contribution in [3.05, 3.63) is 101 Å². The maximum absolute atomic E-state index is 12.6. The molecular weight excluding hydrogens is 374 g/mol. The molecule has 142 valence electrons. The van der Waals surface area contributed by atoms with Crippen LogP contribution in [0.2, 0.25) is 5.02 Å². The fourth-order valence-corrected chi connectivity index (χ4v) is 3.07. The normalized spacial score (nSPS) is 10.5. The predicted octanol–water partition coefficient (Wildman–Crippen LogP) is 4.83. The Morgan fingerprint density at radius 3 is 2.04 bits per heavy atom. The molecule has 0 aromatic heterocycles. The van der Waals surface area contributed by atoms with Crippen LogP contribution in [0.4, 0.5) is 0 Å². The Kier molecular flexibility index (Phi) is 6.45. The second kappa shape index (κ2) is 9.20. The van der Waals surface area contributed by atoms with Gasteiger partial charge in [0.15, 0.2) is 12.4 Å². The molecule has 0 heterocycles. The van der Waals surface area contributed by atoms with E-state index in [4.69, 9.17) is 16.3 Å². The molecule has 0 spiro atoms. The summed E-state index contributed by atoms with van der Waals surface area (Å²) in [5.74, 6) is -0.130. The molecule has 0 bridgehead atoms. The molecule has 0 radical (unpaired) electrons. The standard InChI is InChI=1S/C23H20ClNO3/c1-16(26)20-14-19(24)12-13-21(20)28-15-22(27)25-23(17-8-4-2-5-9-17)18-10-6-3-7-11-18/h2-14,23H,15H2,1H3,(H,25,27). The SMILES string of the molecule is CC(=O)c1cc(Cl)ccc1OCC(=O)NC(c1ccccc1)c1ccccc1. The molecule has 5 heteroatoms. The van der Waals surface area contributed by atoms with E-state index < -0.39 is 0 Å². The average Bonchev–Trinajstić information content (AvgIpc) is 2.72. The number of benzene rings is 3. The number of ether oxygens (including phenoxy) is 1. The second-order valence-corrected chi connectivity index (χ2v) is 6.74. The van der Waals surface area contributed by atoms with Crippen LogP contribution in [-0.2, 0) is 4.79 Å². The minimum Gasteiger partial charge on any atom is -0.483 e. The van der Waals surface area contributed by atoms with E-state index in [2.05, 4.69) is 5.32 Å². The van der Waals surface area contributed by atoms with E-state index in [0.29, 0.717) is 16.3 Å². The summed E-state index contributed by atoms with van der Waals surface area (Å²) in [6.07, 6.45) is 0. The minimum atomic E-state index is -0.295. The van der Waals surface area contributed by atoms with Crippen molar-refractivity contribution in [2.24, 2.45) is 0 Å². The molecule has 1 amide bonds. The molecule has 0 aliphatic carbocycles. The van der Waals surface area contributed by atoms with Crippen LogP contribution in [0, 0.1) is 0 Å². The molecule has 1 N–H and O–H groups in total. The first-order chi connectivity index (χ1) is 13.5. The predicted molar refractivity (Wildman–Crippen MR) is 110 cm³/mol. The van der Waals surface area contributed by atoms with Crippen molar-refractivity contribution < 1.29 is 14.3 Å². The number of ketones is 1. The second-order valence-electron chi connectivity index (χ2n) is 6.31. The highest BCUT2D eigenvalue weighted by Gasteiger charge is 2.17. The zero-order valence-electron chi connectivity index (χ0n) is 15.4. The summed E-state index contributed by atoms with van der Waals surface area (Å²) in [5, 5.41) is 3.45. The molecule has 4 nitrogen and oxygen atoms in total. The average molecular weight is 394 g/mol. The molecule has 3 aromatic carbocycles. The van der Waals surface area contributed by atoms with Crippen molar-refractivity contribution in [1.82, 2.24) is 5.32 Å². The van der Waals surface area contributed by atoms with Gasteiger partial charge < -0.3 is 10.1 Å². The van der Waals surface area contributed by atoms with Crippen LogP contribution in [-0.4, -0.2) is 18.3 Å². The van der Waals surface area contributed by atoms with Crippen molar-refractivity contribution in [2.45, 2.75) is 13.0 Å². The van der Waals surface area contributed by atoms with Crippen molar-refractivity contribution in [3.8, 4) is 5.75 Å². The maximum atomic E-state index is 12.6. The Morgan fingerprint density at radius 2 is 1.50 bits per heavy atom. The lowest BCUT2D eigenvalue weighted by Gasteiger charge is -2.20. The molecule has 0 atom stereocenters. The van der Waals surface area contributed by atoms with E-state index in [1.54, 1.807) is 12.1 Å². The monoisotopic (exact) mass is 393 g/mol. The third-order valence-electron chi connectivity index (χ3n) is 4.25. The van der Waals surface area contributed by atoms with E-state index in [0.717, 1.165) is 11.1 Å². The number of hydrogen-bond acceptors (Lipinski definition) is 3. The Morgan fingerprint density at radius 1 is 0.929 bits per heavy atom. The molecule has 0 unspecified atom stereocenters. The molecule has 0 saturated carbocycles.